The van der Waals surface area contributed by atoms with Crippen LogP contribution in [0.5, 0.6) is 0 Å². The highest BCUT2D eigenvalue weighted by atomic mass is 16.5. The molecule has 0 radical (unpaired) electrons. The van der Waals surface area contributed by atoms with E-state index in [1.165, 1.54) is 0 Å². The van der Waals surface area contributed by atoms with Crippen LogP contribution in [0.15, 0.2) is 0 Å². The van der Waals surface area contributed by atoms with Crippen LogP contribution in [-0.4, -0.2) is 55.2 Å². The van der Waals surface area contributed by atoms with Crippen LogP contribution < -0.4 is 0 Å². The summed E-state index contributed by atoms with van der Waals surface area (Å²) in [7, 11) is 1.85. The average Bonchev–Trinajstić information content (AvgIpc) is 2.72. The Labute approximate surface area is 92.2 Å². The highest BCUT2D eigenvalue weighted by Crippen LogP contribution is 2.13. The SMILES string of the molecule is CCN(CC)C(=O)N(C)CC1CCCO1. The molecule has 1 aliphatic heterocycles. The zero-order chi connectivity index (χ0) is 11.3. The van der Waals surface area contributed by atoms with Crippen molar-refractivity contribution in [3.05, 3.63) is 0 Å². The summed E-state index contributed by atoms with van der Waals surface area (Å²) in [5.74, 6) is 0. The summed E-state index contributed by atoms with van der Waals surface area (Å²) < 4.78 is 5.51. The Balaban J connectivity index is 2.37. The molecule has 1 atom stereocenters. The topological polar surface area (TPSA) is 32.8 Å². The molecule has 1 aliphatic rings. The Morgan fingerprint density at radius 3 is 2.53 bits per heavy atom. The average molecular weight is 214 g/mol. The molecular formula is C11H22N2O2. The third-order valence-corrected chi connectivity index (χ3v) is 2.86. The van der Waals surface area contributed by atoms with Gasteiger partial charge >= 0.3 is 6.03 Å². The van der Waals surface area contributed by atoms with Crippen LogP contribution in [-0.2, 0) is 4.74 Å². The van der Waals surface area contributed by atoms with E-state index in [2.05, 4.69) is 0 Å². The monoisotopic (exact) mass is 214 g/mol. The van der Waals surface area contributed by atoms with Crippen molar-refractivity contribution < 1.29 is 9.53 Å². The molecule has 88 valence electrons. The molecule has 0 aromatic rings. The molecule has 4 heteroatoms. The Kier molecular flexibility index (Phi) is 4.88. The number of nitrogens with zero attached hydrogens (tertiary/aromatic N) is 2. The summed E-state index contributed by atoms with van der Waals surface area (Å²) in [5.41, 5.74) is 0. The van der Waals surface area contributed by atoms with Gasteiger partial charge in [0.1, 0.15) is 0 Å². The predicted octanol–water partition coefficient (Wildman–Crippen LogP) is 1.56. The van der Waals surface area contributed by atoms with Gasteiger partial charge in [-0.3, -0.25) is 0 Å². The number of hydrogen-bond acceptors (Lipinski definition) is 2. The van der Waals surface area contributed by atoms with Crippen LogP contribution >= 0.6 is 0 Å². The molecule has 0 aromatic carbocycles. The standard InChI is InChI=1S/C11H22N2O2/c1-4-13(5-2)11(14)12(3)9-10-7-6-8-15-10/h10H,4-9H2,1-3H3. The molecule has 1 saturated heterocycles. The van der Waals surface area contributed by atoms with Crippen molar-refractivity contribution in [1.29, 1.82) is 0 Å². The number of carbonyl (C=O) groups excluding carboxylic acids is 1. The largest absolute Gasteiger partial charge is 0.376 e. The number of ether oxygens (including phenoxy) is 1. The van der Waals surface area contributed by atoms with Gasteiger partial charge in [0.05, 0.1) is 6.10 Å². The van der Waals surface area contributed by atoms with Crippen molar-refractivity contribution in [2.24, 2.45) is 0 Å². The molecule has 0 spiro atoms. The lowest BCUT2D eigenvalue weighted by molar-refractivity contribution is 0.0809. The van der Waals surface area contributed by atoms with E-state index in [1.807, 2.05) is 25.8 Å². The summed E-state index contributed by atoms with van der Waals surface area (Å²) in [6.45, 7) is 7.10. The molecule has 1 fully saturated rings. The molecule has 0 N–H and O–H groups in total. The molecule has 1 unspecified atom stereocenters. The first kappa shape index (κ1) is 12.3. The summed E-state index contributed by atoms with van der Waals surface area (Å²) >= 11 is 0. The van der Waals surface area contributed by atoms with Gasteiger partial charge in [0.2, 0.25) is 0 Å². The van der Waals surface area contributed by atoms with Crippen LogP contribution in [0.4, 0.5) is 4.79 Å². The van der Waals surface area contributed by atoms with Crippen LogP contribution in [0.2, 0.25) is 0 Å². The second-order valence-electron chi connectivity index (χ2n) is 3.97. The van der Waals surface area contributed by atoms with Crippen molar-refractivity contribution in [3.63, 3.8) is 0 Å². The van der Waals surface area contributed by atoms with Gasteiger partial charge in [-0.1, -0.05) is 0 Å². The molecule has 0 saturated carbocycles. The zero-order valence-corrected chi connectivity index (χ0v) is 10.0. The fourth-order valence-corrected chi connectivity index (χ4v) is 1.91. The van der Waals surface area contributed by atoms with Crippen molar-refractivity contribution in [1.82, 2.24) is 9.80 Å². The summed E-state index contributed by atoms with van der Waals surface area (Å²) in [6, 6.07) is 0.107. The minimum atomic E-state index is 0.107. The second kappa shape index (κ2) is 5.95. The van der Waals surface area contributed by atoms with Gasteiger partial charge in [-0.2, -0.15) is 0 Å². The van der Waals surface area contributed by atoms with Crippen LogP contribution in [0.3, 0.4) is 0 Å². The van der Waals surface area contributed by atoms with Gasteiger partial charge in [0, 0.05) is 33.3 Å². The van der Waals surface area contributed by atoms with Gasteiger partial charge in [0.25, 0.3) is 0 Å². The lowest BCUT2D eigenvalue weighted by Gasteiger charge is -2.27. The smallest absolute Gasteiger partial charge is 0.319 e. The van der Waals surface area contributed by atoms with E-state index in [9.17, 15) is 4.79 Å². The highest BCUT2D eigenvalue weighted by molar-refractivity contribution is 5.74. The highest BCUT2D eigenvalue weighted by Gasteiger charge is 2.21. The lowest BCUT2D eigenvalue weighted by atomic mass is 10.2. The Morgan fingerprint density at radius 2 is 2.07 bits per heavy atom. The second-order valence-corrected chi connectivity index (χ2v) is 3.97. The van der Waals surface area contributed by atoms with Crippen molar-refractivity contribution in [2.45, 2.75) is 32.8 Å². The number of urea groups is 1. The van der Waals surface area contributed by atoms with Crippen LogP contribution in [0.25, 0.3) is 0 Å². The van der Waals surface area contributed by atoms with E-state index >= 15 is 0 Å². The molecule has 0 bridgehead atoms. The first-order valence-electron chi connectivity index (χ1n) is 5.80. The van der Waals surface area contributed by atoms with Gasteiger partial charge in [0.15, 0.2) is 0 Å². The fraction of sp³-hybridized carbons (Fsp3) is 0.909. The molecule has 2 amide bonds. The Morgan fingerprint density at radius 1 is 1.40 bits per heavy atom. The minimum Gasteiger partial charge on any atom is -0.376 e. The third kappa shape index (κ3) is 3.38. The maximum Gasteiger partial charge on any atom is 0.319 e. The molecule has 1 heterocycles. The molecule has 15 heavy (non-hydrogen) atoms. The van der Waals surface area contributed by atoms with E-state index in [0.717, 1.165) is 39.1 Å². The van der Waals surface area contributed by atoms with E-state index in [-0.39, 0.29) is 12.1 Å². The third-order valence-electron chi connectivity index (χ3n) is 2.86. The Bertz CT molecular complexity index is 199. The van der Waals surface area contributed by atoms with Gasteiger partial charge in [-0.15, -0.1) is 0 Å². The first-order valence-corrected chi connectivity index (χ1v) is 5.80. The maximum atomic E-state index is 11.9. The number of rotatable bonds is 4. The molecule has 1 rings (SSSR count). The Hall–Kier alpha value is -0.770. The van der Waals surface area contributed by atoms with Gasteiger partial charge in [-0.25, -0.2) is 4.79 Å². The van der Waals surface area contributed by atoms with E-state index < -0.39 is 0 Å². The summed E-state index contributed by atoms with van der Waals surface area (Å²) in [5, 5.41) is 0. The summed E-state index contributed by atoms with van der Waals surface area (Å²) in [4.78, 5) is 15.5. The predicted molar refractivity (Wildman–Crippen MR) is 59.9 cm³/mol. The van der Waals surface area contributed by atoms with Gasteiger partial charge in [-0.05, 0) is 26.7 Å². The number of likely N-dealkylation sites (N-methyl/N-ethyl adjacent to an activating group) is 1. The van der Waals surface area contributed by atoms with Crippen molar-refractivity contribution in [2.75, 3.05) is 33.3 Å². The zero-order valence-electron chi connectivity index (χ0n) is 10.0. The molecular weight excluding hydrogens is 192 g/mol. The molecule has 0 aromatic heterocycles. The number of hydrogen-bond donors (Lipinski definition) is 0. The number of carbonyl (C=O) groups is 1. The first-order chi connectivity index (χ1) is 7.19. The quantitative estimate of drug-likeness (QED) is 0.711. The summed E-state index contributed by atoms with van der Waals surface area (Å²) in [6.07, 6.45) is 2.45. The minimum absolute atomic E-state index is 0.107. The number of amides is 2. The van der Waals surface area contributed by atoms with Gasteiger partial charge < -0.3 is 14.5 Å². The van der Waals surface area contributed by atoms with Crippen LogP contribution in [0.1, 0.15) is 26.7 Å². The molecule has 4 nitrogen and oxygen atoms in total. The molecule has 0 aliphatic carbocycles. The van der Waals surface area contributed by atoms with E-state index in [4.69, 9.17) is 4.74 Å². The fourth-order valence-electron chi connectivity index (χ4n) is 1.91. The van der Waals surface area contributed by atoms with E-state index in [1.54, 1.807) is 4.90 Å². The lowest BCUT2D eigenvalue weighted by Crippen LogP contribution is -2.43. The van der Waals surface area contributed by atoms with Crippen molar-refractivity contribution in [3.8, 4) is 0 Å². The van der Waals surface area contributed by atoms with Crippen molar-refractivity contribution >= 4 is 6.03 Å². The van der Waals surface area contributed by atoms with E-state index in [0.29, 0.717) is 0 Å². The normalized spacial score (nSPS) is 20.3. The maximum absolute atomic E-state index is 11.9. The van der Waals surface area contributed by atoms with Crippen LogP contribution in [0, 0.1) is 0 Å².